The normalized spacial score (nSPS) is 11.7. The minimum absolute atomic E-state index is 0.214. The number of aromatic nitrogens is 3. The molecule has 4 rings (SSSR count). The second-order valence-electron chi connectivity index (χ2n) is 7.67. The summed E-state index contributed by atoms with van der Waals surface area (Å²) in [6.07, 6.45) is 2.17. The molecule has 0 bridgehead atoms. The molecule has 3 nitrogen and oxygen atoms in total. The molecule has 0 aliphatic rings. The van der Waals surface area contributed by atoms with E-state index in [4.69, 9.17) is 10.1 Å². The fourth-order valence-corrected chi connectivity index (χ4v) is 5.30. The summed E-state index contributed by atoms with van der Waals surface area (Å²) >= 11 is 1.71. The van der Waals surface area contributed by atoms with Gasteiger partial charge in [-0.05, 0) is 74.9 Å². The number of hydrogen-bond acceptors (Lipinski definition) is 3. The molecule has 29 heavy (non-hydrogen) atoms. The van der Waals surface area contributed by atoms with E-state index in [1.807, 2.05) is 16.6 Å². The molecule has 0 spiro atoms. The molecule has 150 valence electrons. The molecule has 0 aliphatic carbocycles. The zero-order valence-electron chi connectivity index (χ0n) is 17.6. The standard InChI is InChI=1S/C24H26FN3S/c1-6-17(7-2)20-13-15(4)27-28-22(16(5)26-24(20)28)23-14(3)12-21(29-23)18-8-10-19(25)11-9-18/h8-13,17H,6-7H2,1-5H3. The van der Waals surface area contributed by atoms with Crippen LogP contribution in [0.4, 0.5) is 4.39 Å². The van der Waals surface area contributed by atoms with Gasteiger partial charge in [-0.3, -0.25) is 0 Å². The van der Waals surface area contributed by atoms with Crippen molar-refractivity contribution in [1.82, 2.24) is 14.6 Å². The Labute approximate surface area is 175 Å². The van der Waals surface area contributed by atoms with Gasteiger partial charge in [0.25, 0.3) is 0 Å². The number of aryl methyl sites for hydroxylation is 3. The molecule has 0 N–H and O–H groups in total. The lowest BCUT2D eigenvalue weighted by Crippen LogP contribution is -2.05. The highest BCUT2D eigenvalue weighted by atomic mass is 32.1. The summed E-state index contributed by atoms with van der Waals surface area (Å²) in [5.41, 5.74) is 7.52. The SMILES string of the molecule is CCC(CC)c1cc(C)nn2c(-c3sc(-c4ccc(F)cc4)cc3C)c(C)nc12. The Balaban J connectivity index is 1.91. The molecule has 0 saturated carbocycles. The average Bonchev–Trinajstić information content (AvgIpc) is 3.22. The third kappa shape index (κ3) is 3.48. The molecule has 3 aromatic heterocycles. The van der Waals surface area contributed by atoms with Crippen molar-refractivity contribution in [3.05, 3.63) is 64.7 Å². The van der Waals surface area contributed by atoms with Gasteiger partial charge < -0.3 is 0 Å². The Kier molecular flexibility index (Phi) is 5.26. The van der Waals surface area contributed by atoms with E-state index in [1.54, 1.807) is 11.3 Å². The molecule has 4 aromatic rings. The highest BCUT2D eigenvalue weighted by Gasteiger charge is 2.22. The van der Waals surface area contributed by atoms with Gasteiger partial charge in [0.2, 0.25) is 0 Å². The second kappa shape index (κ2) is 7.71. The number of imidazole rings is 1. The van der Waals surface area contributed by atoms with Crippen LogP contribution in [0.3, 0.4) is 0 Å². The number of benzene rings is 1. The fourth-order valence-electron chi connectivity index (χ4n) is 4.04. The Morgan fingerprint density at radius 2 is 1.72 bits per heavy atom. The molecule has 0 unspecified atom stereocenters. The maximum atomic E-state index is 13.3. The van der Waals surface area contributed by atoms with Gasteiger partial charge in [-0.15, -0.1) is 11.3 Å². The van der Waals surface area contributed by atoms with Gasteiger partial charge >= 0.3 is 0 Å². The molecule has 5 heteroatoms. The molecule has 0 fully saturated rings. The Morgan fingerprint density at radius 1 is 1.03 bits per heavy atom. The highest BCUT2D eigenvalue weighted by molar-refractivity contribution is 7.19. The van der Waals surface area contributed by atoms with Crippen LogP contribution in [-0.2, 0) is 0 Å². The zero-order valence-corrected chi connectivity index (χ0v) is 18.4. The summed E-state index contributed by atoms with van der Waals surface area (Å²) in [7, 11) is 0. The molecule has 0 saturated heterocycles. The van der Waals surface area contributed by atoms with Crippen LogP contribution in [0.1, 0.15) is 55.1 Å². The fraction of sp³-hybridized carbons (Fsp3) is 0.333. The monoisotopic (exact) mass is 407 g/mol. The number of halogens is 1. The first-order valence-corrected chi connectivity index (χ1v) is 11.0. The van der Waals surface area contributed by atoms with E-state index in [9.17, 15) is 4.39 Å². The predicted molar refractivity (Wildman–Crippen MR) is 119 cm³/mol. The van der Waals surface area contributed by atoms with Crippen molar-refractivity contribution in [2.45, 2.75) is 53.4 Å². The van der Waals surface area contributed by atoms with Gasteiger partial charge in [0, 0.05) is 10.4 Å². The van der Waals surface area contributed by atoms with E-state index in [0.717, 1.165) is 46.0 Å². The van der Waals surface area contributed by atoms with Crippen LogP contribution in [0.15, 0.2) is 36.4 Å². The van der Waals surface area contributed by atoms with Crippen LogP contribution in [-0.4, -0.2) is 14.6 Å². The number of nitrogens with zero attached hydrogens (tertiary/aromatic N) is 3. The Morgan fingerprint density at radius 3 is 2.38 bits per heavy atom. The van der Waals surface area contributed by atoms with Crippen LogP contribution in [0.5, 0.6) is 0 Å². The highest BCUT2D eigenvalue weighted by Crippen LogP contribution is 2.40. The van der Waals surface area contributed by atoms with E-state index in [1.165, 1.54) is 28.1 Å². The number of rotatable bonds is 5. The number of thiophene rings is 1. The molecule has 3 heterocycles. The maximum Gasteiger partial charge on any atom is 0.158 e. The van der Waals surface area contributed by atoms with Gasteiger partial charge in [0.15, 0.2) is 5.65 Å². The summed E-state index contributed by atoms with van der Waals surface area (Å²) in [6, 6.07) is 11.0. The van der Waals surface area contributed by atoms with Crippen LogP contribution in [0.2, 0.25) is 0 Å². The molecular weight excluding hydrogens is 381 g/mol. The first-order valence-electron chi connectivity index (χ1n) is 10.2. The Bertz CT molecular complexity index is 1170. The van der Waals surface area contributed by atoms with Crippen LogP contribution < -0.4 is 0 Å². The zero-order chi connectivity index (χ0) is 20.7. The van der Waals surface area contributed by atoms with Gasteiger partial charge in [0.1, 0.15) is 11.5 Å². The lowest BCUT2D eigenvalue weighted by molar-refractivity contribution is 0.628. The van der Waals surface area contributed by atoms with E-state index >= 15 is 0 Å². The topological polar surface area (TPSA) is 30.2 Å². The van der Waals surface area contributed by atoms with Crippen molar-refractivity contribution in [2.75, 3.05) is 0 Å². The molecule has 0 radical (unpaired) electrons. The van der Waals surface area contributed by atoms with Crippen molar-refractivity contribution >= 4 is 17.0 Å². The predicted octanol–water partition coefficient (Wildman–Crippen LogP) is 7.09. The van der Waals surface area contributed by atoms with E-state index < -0.39 is 0 Å². The van der Waals surface area contributed by atoms with Crippen molar-refractivity contribution in [3.8, 4) is 21.0 Å². The minimum Gasteiger partial charge on any atom is -0.231 e. The number of fused-ring (bicyclic) bond motifs is 1. The summed E-state index contributed by atoms with van der Waals surface area (Å²) in [5.74, 6) is 0.265. The van der Waals surface area contributed by atoms with Gasteiger partial charge in [0.05, 0.1) is 16.3 Å². The smallest absolute Gasteiger partial charge is 0.158 e. The van der Waals surface area contributed by atoms with Gasteiger partial charge in [-0.1, -0.05) is 26.0 Å². The maximum absolute atomic E-state index is 13.3. The third-order valence-electron chi connectivity index (χ3n) is 5.60. The molecule has 0 amide bonds. The second-order valence-corrected chi connectivity index (χ2v) is 8.72. The van der Waals surface area contributed by atoms with Crippen molar-refractivity contribution in [1.29, 1.82) is 0 Å². The molecule has 0 aliphatic heterocycles. The van der Waals surface area contributed by atoms with Crippen molar-refractivity contribution in [2.24, 2.45) is 0 Å². The summed E-state index contributed by atoms with van der Waals surface area (Å²) in [4.78, 5) is 7.23. The van der Waals surface area contributed by atoms with Gasteiger partial charge in [-0.25, -0.2) is 13.9 Å². The summed E-state index contributed by atoms with van der Waals surface area (Å²) < 4.78 is 15.4. The van der Waals surface area contributed by atoms with E-state index in [0.29, 0.717) is 5.92 Å². The van der Waals surface area contributed by atoms with Crippen molar-refractivity contribution < 1.29 is 4.39 Å². The third-order valence-corrected chi connectivity index (χ3v) is 6.89. The first-order chi connectivity index (χ1) is 13.9. The largest absolute Gasteiger partial charge is 0.231 e. The summed E-state index contributed by atoms with van der Waals surface area (Å²) in [5, 5.41) is 4.83. The van der Waals surface area contributed by atoms with E-state index in [2.05, 4.69) is 46.8 Å². The van der Waals surface area contributed by atoms with Crippen LogP contribution in [0, 0.1) is 26.6 Å². The van der Waals surface area contributed by atoms with Crippen LogP contribution >= 0.6 is 11.3 Å². The Hall–Kier alpha value is -2.53. The summed E-state index contributed by atoms with van der Waals surface area (Å²) in [6.45, 7) is 10.7. The number of hydrogen-bond donors (Lipinski definition) is 0. The quantitative estimate of drug-likeness (QED) is 0.353. The first kappa shape index (κ1) is 19.8. The minimum atomic E-state index is -0.214. The lowest BCUT2D eigenvalue weighted by atomic mass is 9.95. The lowest BCUT2D eigenvalue weighted by Gasteiger charge is -2.14. The van der Waals surface area contributed by atoms with Crippen molar-refractivity contribution in [3.63, 3.8) is 0 Å². The average molecular weight is 408 g/mol. The molecule has 0 atom stereocenters. The molecular formula is C24H26FN3S. The van der Waals surface area contributed by atoms with Crippen LogP contribution in [0.25, 0.3) is 26.7 Å². The van der Waals surface area contributed by atoms with E-state index in [-0.39, 0.29) is 5.82 Å². The van der Waals surface area contributed by atoms with Gasteiger partial charge in [-0.2, -0.15) is 5.10 Å². The molecule has 1 aromatic carbocycles.